The van der Waals surface area contributed by atoms with Crippen molar-refractivity contribution in [2.24, 2.45) is 5.73 Å². The van der Waals surface area contributed by atoms with Gasteiger partial charge in [-0.25, -0.2) is 9.78 Å². The number of anilines is 1. The summed E-state index contributed by atoms with van der Waals surface area (Å²) in [5.74, 6) is -0.813. The van der Waals surface area contributed by atoms with Crippen LogP contribution in [0.25, 0.3) is 0 Å². The van der Waals surface area contributed by atoms with Gasteiger partial charge >= 0.3 is 5.97 Å². The Morgan fingerprint density at radius 1 is 1.38 bits per heavy atom. The van der Waals surface area contributed by atoms with Crippen molar-refractivity contribution in [1.82, 2.24) is 4.98 Å². The third-order valence-corrected chi connectivity index (χ3v) is 4.71. The van der Waals surface area contributed by atoms with Crippen LogP contribution in [0.15, 0.2) is 10.8 Å². The lowest BCUT2D eigenvalue weighted by atomic mass is 10.2. The van der Waals surface area contributed by atoms with E-state index in [-0.39, 0.29) is 5.91 Å². The highest BCUT2D eigenvalue weighted by Gasteiger charge is 2.20. The van der Waals surface area contributed by atoms with Crippen molar-refractivity contribution in [2.45, 2.75) is 13.3 Å². The first-order valence-corrected chi connectivity index (χ1v) is 7.95. The molecule has 0 aliphatic heterocycles. The van der Waals surface area contributed by atoms with Crippen molar-refractivity contribution < 1.29 is 14.3 Å². The number of nitrogens with two attached hydrogens (primary N) is 1. The minimum atomic E-state index is -0.467. The maximum absolute atomic E-state index is 12.2. The molecule has 0 saturated carbocycles. The van der Waals surface area contributed by atoms with Gasteiger partial charge in [0.25, 0.3) is 5.91 Å². The summed E-state index contributed by atoms with van der Waals surface area (Å²) in [6.45, 7) is 2.31. The fraction of sp³-hybridized carbons (Fsp3) is 0.308. The number of carbonyl (C=O) groups excluding carboxylic acids is 2. The number of nitrogens with one attached hydrogen (secondary N) is 1. The molecule has 0 spiro atoms. The van der Waals surface area contributed by atoms with Gasteiger partial charge in [-0.3, -0.25) is 4.79 Å². The molecule has 2 heterocycles. The summed E-state index contributed by atoms with van der Waals surface area (Å²) in [5, 5.41) is 7.02. The van der Waals surface area contributed by atoms with Crippen molar-refractivity contribution in [3.63, 3.8) is 0 Å². The molecule has 3 N–H and O–H groups in total. The fourth-order valence-corrected chi connectivity index (χ4v) is 3.39. The Kier molecular flexibility index (Phi) is 5.05. The first kappa shape index (κ1) is 15.6. The molecule has 1 amide bonds. The molecule has 2 rings (SSSR count). The summed E-state index contributed by atoms with van der Waals surface area (Å²) in [6.07, 6.45) is 0.642. The molecule has 0 atom stereocenters. The van der Waals surface area contributed by atoms with Crippen LogP contribution < -0.4 is 11.1 Å². The highest BCUT2D eigenvalue weighted by atomic mass is 32.1. The van der Waals surface area contributed by atoms with Crippen LogP contribution in [0, 0.1) is 6.92 Å². The summed E-state index contributed by atoms with van der Waals surface area (Å²) < 4.78 is 4.71. The second-order valence-corrected chi connectivity index (χ2v) is 6.06. The number of esters is 1. The molecule has 0 fully saturated rings. The van der Waals surface area contributed by atoms with Gasteiger partial charge in [0.05, 0.1) is 17.8 Å². The van der Waals surface area contributed by atoms with E-state index in [0.29, 0.717) is 29.2 Å². The van der Waals surface area contributed by atoms with Crippen LogP contribution in [0.3, 0.4) is 0 Å². The van der Waals surface area contributed by atoms with Crippen molar-refractivity contribution in [3.05, 3.63) is 31.9 Å². The lowest BCUT2D eigenvalue weighted by Gasteiger charge is -2.05. The minimum Gasteiger partial charge on any atom is -0.465 e. The molecule has 0 unspecified atom stereocenters. The Bertz CT molecular complexity index is 663. The van der Waals surface area contributed by atoms with Gasteiger partial charge in [0.1, 0.15) is 10.6 Å². The van der Waals surface area contributed by atoms with Gasteiger partial charge in [-0.15, -0.1) is 22.7 Å². The number of thiophene rings is 1. The SMILES string of the molecule is COC(=O)c1scc(C)c1NC(=O)c1csc(CCN)n1. The van der Waals surface area contributed by atoms with E-state index in [2.05, 4.69) is 10.3 Å². The van der Waals surface area contributed by atoms with Crippen molar-refractivity contribution >= 4 is 40.2 Å². The number of methoxy groups -OCH3 is 1. The first-order chi connectivity index (χ1) is 10.1. The second-order valence-electron chi connectivity index (χ2n) is 4.23. The second kappa shape index (κ2) is 6.79. The minimum absolute atomic E-state index is 0.324. The monoisotopic (exact) mass is 325 g/mol. The van der Waals surface area contributed by atoms with Crippen molar-refractivity contribution in [3.8, 4) is 0 Å². The molecule has 0 aliphatic rings. The predicted molar refractivity (Wildman–Crippen MR) is 83.2 cm³/mol. The standard InChI is InChI=1S/C13H15N3O3S2/c1-7-5-21-11(13(18)19-2)10(7)16-12(17)8-6-20-9(15-8)3-4-14/h5-6H,3-4,14H2,1-2H3,(H,16,17). The molecule has 21 heavy (non-hydrogen) atoms. The number of aromatic nitrogens is 1. The lowest BCUT2D eigenvalue weighted by Crippen LogP contribution is -2.15. The Morgan fingerprint density at radius 3 is 2.81 bits per heavy atom. The maximum atomic E-state index is 12.2. The molecule has 0 bridgehead atoms. The van der Waals surface area contributed by atoms with Gasteiger partial charge in [-0.2, -0.15) is 0 Å². The average molecular weight is 325 g/mol. The summed E-state index contributed by atoms with van der Waals surface area (Å²) in [4.78, 5) is 28.5. The highest BCUT2D eigenvalue weighted by molar-refractivity contribution is 7.12. The zero-order valence-corrected chi connectivity index (χ0v) is 13.3. The topological polar surface area (TPSA) is 94.3 Å². The smallest absolute Gasteiger partial charge is 0.350 e. The summed E-state index contributed by atoms with van der Waals surface area (Å²) >= 11 is 2.63. The first-order valence-electron chi connectivity index (χ1n) is 6.19. The summed E-state index contributed by atoms with van der Waals surface area (Å²) in [7, 11) is 1.31. The average Bonchev–Trinajstić information content (AvgIpc) is 3.07. The van der Waals surface area contributed by atoms with E-state index in [0.717, 1.165) is 10.6 Å². The number of rotatable bonds is 5. The molecule has 8 heteroatoms. The number of aryl methyl sites for hydroxylation is 1. The van der Waals surface area contributed by atoms with Crippen LogP contribution in [0.1, 0.15) is 30.7 Å². The molecule has 0 saturated heterocycles. The lowest BCUT2D eigenvalue weighted by molar-refractivity contribution is 0.0607. The van der Waals surface area contributed by atoms with Crippen molar-refractivity contribution in [1.29, 1.82) is 0 Å². The third-order valence-electron chi connectivity index (χ3n) is 2.73. The quantitative estimate of drug-likeness (QED) is 0.821. The van der Waals surface area contributed by atoms with Crippen LogP contribution >= 0.6 is 22.7 Å². The Balaban J connectivity index is 2.19. The fourth-order valence-electron chi connectivity index (χ4n) is 1.67. The summed E-state index contributed by atoms with van der Waals surface area (Å²) in [5.41, 5.74) is 7.07. The van der Waals surface area contributed by atoms with Crippen LogP contribution in [0.4, 0.5) is 5.69 Å². The van der Waals surface area contributed by atoms with Crippen molar-refractivity contribution in [2.75, 3.05) is 19.0 Å². The zero-order chi connectivity index (χ0) is 15.4. The molecule has 0 aromatic carbocycles. The van der Waals surface area contributed by atoms with E-state index in [1.807, 2.05) is 6.92 Å². The molecule has 2 aromatic rings. The molecular formula is C13H15N3O3S2. The molecule has 6 nitrogen and oxygen atoms in total. The van der Waals surface area contributed by atoms with Crippen LogP contribution in [0.2, 0.25) is 0 Å². The Hall–Kier alpha value is -1.77. The van der Waals surface area contributed by atoms with E-state index in [4.69, 9.17) is 10.5 Å². The van der Waals surface area contributed by atoms with Gasteiger partial charge in [0.2, 0.25) is 0 Å². The third kappa shape index (κ3) is 3.46. The van der Waals surface area contributed by atoms with Crippen LogP contribution in [0.5, 0.6) is 0 Å². The largest absolute Gasteiger partial charge is 0.465 e. The molecular weight excluding hydrogens is 310 g/mol. The Labute approximate surface area is 130 Å². The van der Waals surface area contributed by atoms with Gasteiger partial charge < -0.3 is 15.8 Å². The van der Waals surface area contributed by atoms with E-state index >= 15 is 0 Å². The van der Waals surface area contributed by atoms with E-state index < -0.39 is 5.97 Å². The number of ether oxygens (including phenoxy) is 1. The number of amides is 1. The predicted octanol–water partition coefficient (Wildman–Crippen LogP) is 2.05. The van der Waals surface area contributed by atoms with Gasteiger partial charge in [-0.1, -0.05) is 0 Å². The van der Waals surface area contributed by atoms with E-state index in [9.17, 15) is 9.59 Å². The van der Waals surface area contributed by atoms with Crippen LogP contribution in [-0.4, -0.2) is 30.5 Å². The number of thiazole rings is 1. The molecule has 0 radical (unpaired) electrons. The maximum Gasteiger partial charge on any atom is 0.350 e. The van der Waals surface area contributed by atoms with Gasteiger partial charge in [-0.05, 0) is 24.4 Å². The normalized spacial score (nSPS) is 10.4. The number of hydrogen-bond donors (Lipinski definition) is 2. The van der Waals surface area contributed by atoms with Crippen LogP contribution in [-0.2, 0) is 11.2 Å². The summed E-state index contributed by atoms with van der Waals surface area (Å²) in [6, 6.07) is 0. The Morgan fingerprint density at radius 2 is 2.14 bits per heavy atom. The molecule has 112 valence electrons. The van der Waals surface area contributed by atoms with E-state index in [1.165, 1.54) is 29.8 Å². The molecule has 2 aromatic heterocycles. The van der Waals surface area contributed by atoms with E-state index in [1.54, 1.807) is 10.8 Å². The number of hydrogen-bond acceptors (Lipinski definition) is 7. The van der Waals surface area contributed by atoms with Gasteiger partial charge in [0.15, 0.2) is 0 Å². The number of nitrogens with zero attached hydrogens (tertiary/aromatic N) is 1. The zero-order valence-electron chi connectivity index (χ0n) is 11.6. The van der Waals surface area contributed by atoms with Gasteiger partial charge in [0, 0.05) is 11.8 Å². The highest BCUT2D eigenvalue weighted by Crippen LogP contribution is 2.28. The number of carbonyl (C=O) groups is 2. The molecule has 0 aliphatic carbocycles.